The first-order chi connectivity index (χ1) is 13.7. The van der Waals surface area contributed by atoms with E-state index in [4.69, 9.17) is 21.5 Å². The second-order valence-corrected chi connectivity index (χ2v) is 8.37. The Labute approximate surface area is 172 Å². The van der Waals surface area contributed by atoms with Crippen LogP contribution in [-0.4, -0.2) is 23.9 Å². The SMILES string of the molecule is CCCCn1c(COC(=O)c2c(F)cccc2Cl)nc2cc(S(N)(=O)=O)ccc21. The Morgan fingerprint density at radius 3 is 2.72 bits per heavy atom. The topological polar surface area (TPSA) is 104 Å². The van der Waals surface area contributed by atoms with Crippen molar-refractivity contribution < 1.29 is 22.3 Å². The van der Waals surface area contributed by atoms with Crippen molar-refractivity contribution >= 4 is 38.6 Å². The molecule has 0 aliphatic carbocycles. The number of hydrogen-bond acceptors (Lipinski definition) is 5. The van der Waals surface area contributed by atoms with Crippen LogP contribution >= 0.6 is 11.6 Å². The third-order valence-electron chi connectivity index (χ3n) is 4.36. The number of nitrogens with two attached hydrogens (primary N) is 1. The molecule has 154 valence electrons. The Hall–Kier alpha value is -2.49. The monoisotopic (exact) mass is 439 g/mol. The molecule has 0 aliphatic heterocycles. The molecule has 0 unspecified atom stereocenters. The van der Waals surface area contributed by atoms with Gasteiger partial charge in [0.1, 0.15) is 23.8 Å². The summed E-state index contributed by atoms with van der Waals surface area (Å²) in [6, 6.07) is 8.28. The standard InChI is InChI=1S/C19H19ClFN3O4S/c1-2-3-9-24-16-8-7-12(29(22,26)27)10-15(16)23-17(24)11-28-19(25)18-13(20)5-4-6-14(18)21/h4-8,10H,2-3,9,11H2,1H3,(H2,22,26,27). The lowest BCUT2D eigenvalue weighted by molar-refractivity contribution is 0.0453. The van der Waals surface area contributed by atoms with Gasteiger partial charge in [-0.05, 0) is 36.8 Å². The second kappa shape index (κ2) is 8.48. The average molecular weight is 440 g/mol. The van der Waals surface area contributed by atoms with E-state index in [1.54, 1.807) is 6.07 Å². The molecule has 0 saturated carbocycles. The predicted molar refractivity (Wildman–Crippen MR) is 107 cm³/mol. The van der Waals surface area contributed by atoms with E-state index >= 15 is 0 Å². The van der Waals surface area contributed by atoms with Crippen molar-refractivity contribution in [3.05, 3.63) is 58.6 Å². The number of aryl methyl sites for hydroxylation is 1. The van der Waals surface area contributed by atoms with Gasteiger partial charge in [-0.1, -0.05) is 31.0 Å². The Morgan fingerprint density at radius 2 is 2.07 bits per heavy atom. The van der Waals surface area contributed by atoms with E-state index in [9.17, 15) is 17.6 Å². The highest BCUT2D eigenvalue weighted by Gasteiger charge is 2.20. The highest BCUT2D eigenvalue weighted by Crippen LogP contribution is 2.23. The van der Waals surface area contributed by atoms with Gasteiger partial charge >= 0.3 is 5.97 Å². The zero-order valence-electron chi connectivity index (χ0n) is 15.6. The Morgan fingerprint density at radius 1 is 1.31 bits per heavy atom. The summed E-state index contributed by atoms with van der Waals surface area (Å²) in [4.78, 5) is 16.6. The number of halogens is 2. The third kappa shape index (κ3) is 4.58. The van der Waals surface area contributed by atoms with Gasteiger partial charge < -0.3 is 9.30 Å². The third-order valence-corrected chi connectivity index (χ3v) is 5.59. The van der Waals surface area contributed by atoms with E-state index in [0.29, 0.717) is 23.4 Å². The number of benzene rings is 2. The fourth-order valence-corrected chi connectivity index (χ4v) is 3.68. The van der Waals surface area contributed by atoms with E-state index in [0.717, 1.165) is 18.9 Å². The molecule has 7 nitrogen and oxygen atoms in total. The first kappa shape index (κ1) is 21.2. The fourth-order valence-electron chi connectivity index (χ4n) is 2.91. The van der Waals surface area contributed by atoms with E-state index in [2.05, 4.69) is 4.98 Å². The number of esters is 1. The molecule has 0 spiro atoms. The lowest BCUT2D eigenvalue weighted by Gasteiger charge is -2.10. The first-order valence-electron chi connectivity index (χ1n) is 8.85. The van der Waals surface area contributed by atoms with Crippen molar-refractivity contribution in [3.63, 3.8) is 0 Å². The van der Waals surface area contributed by atoms with Gasteiger partial charge in [-0.25, -0.2) is 27.7 Å². The van der Waals surface area contributed by atoms with Gasteiger partial charge in [-0.15, -0.1) is 0 Å². The first-order valence-corrected chi connectivity index (χ1v) is 10.8. The van der Waals surface area contributed by atoms with Crippen molar-refractivity contribution in [3.8, 4) is 0 Å². The highest BCUT2D eigenvalue weighted by molar-refractivity contribution is 7.89. The molecule has 0 aliphatic rings. The summed E-state index contributed by atoms with van der Waals surface area (Å²) in [6.45, 7) is 2.39. The van der Waals surface area contributed by atoms with Crippen LogP contribution in [0, 0.1) is 5.82 Å². The van der Waals surface area contributed by atoms with Gasteiger partial charge in [0.25, 0.3) is 0 Å². The Bertz CT molecular complexity index is 1160. The second-order valence-electron chi connectivity index (χ2n) is 6.40. The number of fused-ring (bicyclic) bond motifs is 1. The van der Waals surface area contributed by atoms with Crippen molar-refractivity contribution in [2.45, 2.75) is 37.8 Å². The number of nitrogens with zero attached hydrogens (tertiary/aromatic N) is 2. The molecule has 0 radical (unpaired) electrons. The molecule has 29 heavy (non-hydrogen) atoms. The Balaban J connectivity index is 1.94. The van der Waals surface area contributed by atoms with E-state index in [1.807, 2.05) is 11.5 Å². The maximum atomic E-state index is 13.9. The molecule has 3 rings (SSSR count). The Kier molecular flexibility index (Phi) is 6.21. The normalized spacial score (nSPS) is 11.7. The number of rotatable bonds is 7. The van der Waals surface area contributed by atoms with Crippen LogP contribution in [0.5, 0.6) is 0 Å². The van der Waals surface area contributed by atoms with Crippen LogP contribution in [0.3, 0.4) is 0 Å². The molecule has 0 bridgehead atoms. The molecule has 0 saturated heterocycles. The summed E-state index contributed by atoms with van der Waals surface area (Å²) < 4.78 is 44.2. The van der Waals surface area contributed by atoms with Gasteiger partial charge in [0.15, 0.2) is 0 Å². The quantitative estimate of drug-likeness (QED) is 0.566. The summed E-state index contributed by atoms with van der Waals surface area (Å²) in [7, 11) is -3.88. The van der Waals surface area contributed by atoms with Crippen molar-refractivity contribution in [2.24, 2.45) is 5.14 Å². The maximum Gasteiger partial charge on any atom is 0.343 e. The number of imidazole rings is 1. The predicted octanol–water partition coefficient (Wildman–Crippen LogP) is 3.63. The average Bonchev–Trinajstić information content (AvgIpc) is 3.00. The number of aromatic nitrogens is 2. The number of primary sulfonamides is 1. The summed E-state index contributed by atoms with van der Waals surface area (Å²) in [5, 5.41) is 5.14. The number of hydrogen-bond donors (Lipinski definition) is 1. The summed E-state index contributed by atoms with van der Waals surface area (Å²) in [5.74, 6) is -1.28. The van der Waals surface area contributed by atoms with Gasteiger partial charge in [-0.3, -0.25) is 0 Å². The smallest absolute Gasteiger partial charge is 0.343 e. The van der Waals surface area contributed by atoms with E-state index in [-0.39, 0.29) is 22.1 Å². The highest BCUT2D eigenvalue weighted by atomic mass is 35.5. The molecule has 3 aromatic rings. The molecule has 1 aromatic heterocycles. The van der Waals surface area contributed by atoms with Crippen LogP contribution in [0.2, 0.25) is 5.02 Å². The lowest BCUT2D eigenvalue weighted by atomic mass is 10.2. The number of sulfonamides is 1. The molecule has 0 fully saturated rings. The van der Waals surface area contributed by atoms with Crippen LogP contribution in [0.1, 0.15) is 35.9 Å². The van der Waals surface area contributed by atoms with Crippen LogP contribution in [0.4, 0.5) is 4.39 Å². The zero-order chi connectivity index (χ0) is 21.2. The number of carbonyl (C=O) groups excluding carboxylic acids is 1. The molecule has 2 N–H and O–H groups in total. The van der Waals surface area contributed by atoms with Gasteiger partial charge in [0.2, 0.25) is 10.0 Å². The maximum absolute atomic E-state index is 13.9. The van der Waals surface area contributed by atoms with Crippen LogP contribution in [0.15, 0.2) is 41.3 Å². The van der Waals surface area contributed by atoms with Crippen LogP contribution in [-0.2, 0) is 27.9 Å². The van der Waals surface area contributed by atoms with Gasteiger partial charge in [-0.2, -0.15) is 0 Å². The van der Waals surface area contributed by atoms with Gasteiger partial charge in [0, 0.05) is 6.54 Å². The lowest BCUT2D eigenvalue weighted by Crippen LogP contribution is -2.12. The van der Waals surface area contributed by atoms with Crippen molar-refractivity contribution in [2.75, 3.05) is 0 Å². The zero-order valence-corrected chi connectivity index (χ0v) is 17.1. The van der Waals surface area contributed by atoms with Crippen LogP contribution < -0.4 is 5.14 Å². The summed E-state index contributed by atoms with van der Waals surface area (Å²) in [6.07, 6.45) is 1.75. The molecular formula is C19H19ClFN3O4S. The summed E-state index contributed by atoms with van der Waals surface area (Å²) >= 11 is 5.90. The van der Waals surface area contributed by atoms with Crippen molar-refractivity contribution in [1.82, 2.24) is 9.55 Å². The molecule has 10 heteroatoms. The summed E-state index contributed by atoms with van der Waals surface area (Å²) in [5.41, 5.74) is 0.741. The van der Waals surface area contributed by atoms with E-state index < -0.39 is 21.8 Å². The molecule has 1 heterocycles. The molecular weight excluding hydrogens is 421 g/mol. The minimum absolute atomic E-state index is 0.0488. The number of ether oxygens (including phenoxy) is 1. The van der Waals surface area contributed by atoms with Crippen LogP contribution in [0.25, 0.3) is 11.0 Å². The molecule has 0 atom stereocenters. The minimum Gasteiger partial charge on any atom is -0.454 e. The number of carbonyl (C=O) groups is 1. The van der Waals surface area contributed by atoms with Crippen molar-refractivity contribution in [1.29, 1.82) is 0 Å². The minimum atomic E-state index is -3.88. The number of unbranched alkanes of at least 4 members (excludes halogenated alkanes) is 1. The largest absolute Gasteiger partial charge is 0.454 e. The molecule has 2 aromatic carbocycles. The fraction of sp³-hybridized carbons (Fsp3) is 0.263. The van der Waals surface area contributed by atoms with Gasteiger partial charge in [0.05, 0.1) is 21.0 Å². The molecule has 0 amide bonds. The van der Waals surface area contributed by atoms with E-state index in [1.165, 1.54) is 24.3 Å².